The lowest BCUT2D eigenvalue weighted by Crippen LogP contribution is -2.32. The van der Waals surface area contributed by atoms with Gasteiger partial charge in [-0.1, -0.05) is 47.8 Å². The van der Waals surface area contributed by atoms with Crippen LogP contribution in [0.1, 0.15) is 18.1 Å². The number of nitrogens with zero attached hydrogens (tertiary/aromatic N) is 1. The zero-order valence-electron chi connectivity index (χ0n) is 14.1. The fourth-order valence-electron chi connectivity index (χ4n) is 2.39. The van der Waals surface area contributed by atoms with Gasteiger partial charge in [0, 0.05) is 24.0 Å². The first-order chi connectivity index (χ1) is 11.7. The molecule has 0 saturated carbocycles. The van der Waals surface area contributed by atoms with Crippen molar-refractivity contribution < 1.29 is 17.2 Å². The van der Waals surface area contributed by atoms with E-state index in [-0.39, 0.29) is 4.90 Å². The van der Waals surface area contributed by atoms with Crippen LogP contribution in [0.5, 0.6) is 0 Å². The topological polar surface area (TPSA) is 104 Å². The molecule has 2 aromatic rings. The fourth-order valence-corrected chi connectivity index (χ4v) is 3.21. The summed E-state index contributed by atoms with van der Waals surface area (Å²) in [4.78, 5) is 1.92. The maximum atomic E-state index is 11.4. The van der Waals surface area contributed by atoms with Gasteiger partial charge in [-0.05, 0) is 36.8 Å². The van der Waals surface area contributed by atoms with E-state index >= 15 is 0 Å². The van der Waals surface area contributed by atoms with Crippen LogP contribution in [0.25, 0.3) is 0 Å². The van der Waals surface area contributed by atoms with Crippen molar-refractivity contribution in [1.29, 1.82) is 0 Å². The Balaban J connectivity index is 2.29. The number of hydrogen-bond acceptors (Lipinski definition) is 5. The molecule has 0 aliphatic heterocycles. The molecule has 0 fully saturated rings. The Labute approximate surface area is 151 Å². The van der Waals surface area contributed by atoms with E-state index < -0.39 is 26.4 Å². The largest absolute Gasteiger partial charge is 0.772 e. The van der Waals surface area contributed by atoms with Crippen LogP contribution in [0, 0.1) is 6.92 Å². The second-order valence-electron chi connectivity index (χ2n) is 5.98. The van der Waals surface area contributed by atoms with Gasteiger partial charge in [-0.15, -0.1) is 0 Å². The van der Waals surface area contributed by atoms with Crippen molar-refractivity contribution in [1.82, 2.24) is 0 Å². The van der Waals surface area contributed by atoms with Gasteiger partial charge in [-0.3, -0.25) is 4.21 Å². The standard InChI is InChI=1S/C17H22N2O4S2/c1-13-3-5-15(6-4-13)12-19(11-14(2)24(20)21)16-7-9-17(10-8-16)25(18,22)23/h3-10,14H,11-12H2,1-2H3,(H,20,21)(H2,18,22,23)/p-1. The van der Waals surface area contributed by atoms with Gasteiger partial charge in [0.15, 0.2) is 0 Å². The lowest BCUT2D eigenvalue weighted by atomic mass is 10.1. The summed E-state index contributed by atoms with van der Waals surface area (Å²) in [7, 11) is -3.76. The number of anilines is 1. The summed E-state index contributed by atoms with van der Waals surface area (Å²) in [6.07, 6.45) is 0. The highest BCUT2D eigenvalue weighted by molar-refractivity contribution is 7.89. The van der Waals surface area contributed by atoms with Crippen molar-refractivity contribution in [2.75, 3.05) is 11.4 Å². The highest BCUT2D eigenvalue weighted by Crippen LogP contribution is 2.21. The molecule has 2 atom stereocenters. The van der Waals surface area contributed by atoms with Crippen molar-refractivity contribution in [3.63, 3.8) is 0 Å². The molecule has 2 aromatic carbocycles. The van der Waals surface area contributed by atoms with E-state index in [1.54, 1.807) is 19.1 Å². The Bertz CT molecular complexity index is 834. The zero-order chi connectivity index (χ0) is 18.6. The third-order valence-corrected chi connectivity index (χ3v) is 5.57. The summed E-state index contributed by atoms with van der Waals surface area (Å²) in [6, 6.07) is 14.1. The van der Waals surface area contributed by atoms with Gasteiger partial charge in [-0.2, -0.15) is 0 Å². The smallest absolute Gasteiger partial charge is 0.238 e. The number of benzene rings is 2. The van der Waals surface area contributed by atoms with Crippen LogP contribution in [0.4, 0.5) is 5.69 Å². The van der Waals surface area contributed by atoms with E-state index in [9.17, 15) is 17.2 Å². The molecule has 2 rings (SSSR count). The summed E-state index contributed by atoms with van der Waals surface area (Å²) in [6.45, 7) is 4.43. The first kappa shape index (κ1) is 19.6. The van der Waals surface area contributed by atoms with Gasteiger partial charge in [0.2, 0.25) is 10.0 Å². The Morgan fingerprint density at radius 3 is 2.16 bits per heavy atom. The SMILES string of the molecule is Cc1ccc(CN(CC(C)S(=O)[O-])c2ccc(S(N)(=O)=O)cc2)cc1. The lowest BCUT2D eigenvalue weighted by Gasteiger charge is -2.29. The molecule has 0 bridgehead atoms. The number of sulfonamides is 1. The molecule has 0 aromatic heterocycles. The second-order valence-corrected chi connectivity index (χ2v) is 8.86. The third kappa shape index (κ3) is 5.64. The van der Waals surface area contributed by atoms with Crippen molar-refractivity contribution in [3.05, 3.63) is 59.7 Å². The number of primary sulfonamides is 1. The molecule has 0 spiro atoms. The normalized spacial score (nSPS) is 14.1. The van der Waals surface area contributed by atoms with Crippen molar-refractivity contribution in [3.8, 4) is 0 Å². The quantitative estimate of drug-likeness (QED) is 0.738. The highest BCUT2D eigenvalue weighted by atomic mass is 32.2. The molecule has 136 valence electrons. The average molecular weight is 381 g/mol. The number of aryl methyl sites for hydroxylation is 1. The second kappa shape index (κ2) is 8.09. The molecule has 2 unspecified atom stereocenters. The van der Waals surface area contributed by atoms with Crippen molar-refractivity contribution >= 4 is 26.8 Å². The summed E-state index contributed by atoms with van der Waals surface area (Å²) in [5.74, 6) is 0. The monoisotopic (exact) mass is 381 g/mol. The minimum Gasteiger partial charge on any atom is -0.772 e. The van der Waals surface area contributed by atoms with Crippen LogP contribution in [-0.2, 0) is 27.6 Å². The lowest BCUT2D eigenvalue weighted by molar-refractivity contribution is 0.523. The Morgan fingerprint density at radius 2 is 1.68 bits per heavy atom. The predicted molar refractivity (Wildman–Crippen MR) is 98.4 cm³/mol. The molecule has 0 heterocycles. The van der Waals surface area contributed by atoms with Crippen molar-refractivity contribution in [2.45, 2.75) is 30.5 Å². The minimum atomic E-state index is -3.76. The van der Waals surface area contributed by atoms with E-state index in [4.69, 9.17) is 5.14 Å². The van der Waals surface area contributed by atoms with E-state index in [0.717, 1.165) is 16.8 Å². The fraction of sp³-hybridized carbons (Fsp3) is 0.294. The summed E-state index contributed by atoms with van der Waals surface area (Å²) in [5.41, 5.74) is 2.90. The molecule has 0 aliphatic rings. The molecular formula is C17H21N2O4S2-. The highest BCUT2D eigenvalue weighted by Gasteiger charge is 2.14. The molecule has 6 nitrogen and oxygen atoms in total. The number of hydrogen-bond donors (Lipinski definition) is 1. The summed E-state index contributed by atoms with van der Waals surface area (Å²) >= 11 is -2.19. The van der Waals surface area contributed by atoms with Crippen molar-refractivity contribution in [2.24, 2.45) is 5.14 Å². The first-order valence-electron chi connectivity index (χ1n) is 7.68. The summed E-state index contributed by atoms with van der Waals surface area (Å²) < 4.78 is 45.2. The Morgan fingerprint density at radius 1 is 1.12 bits per heavy atom. The molecule has 8 heteroatoms. The maximum absolute atomic E-state index is 11.4. The van der Waals surface area contributed by atoms with Crippen LogP contribution >= 0.6 is 0 Å². The molecule has 2 N–H and O–H groups in total. The van der Waals surface area contributed by atoms with Crippen LogP contribution in [0.2, 0.25) is 0 Å². The van der Waals surface area contributed by atoms with Crippen LogP contribution < -0.4 is 10.0 Å². The van der Waals surface area contributed by atoms with E-state index in [2.05, 4.69) is 0 Å². The van der Waals surface area contributed by atoms with E-state index in [1.165, 1.54) is 12.1 Å². The molecule has 0 saturated heterocycles. The number of nitrogens with two attached hydrogens (primary N) is 1. The average Bonchev–Trinajstić information content (AvgIpc) is 2.55. The minimum absolute atomic E-state index is 0.0204. The first-order valence-corrected chi connectivity index (χ1v) is 10.4. The summed E-state index contributed by atoms with van der Waals surface area (Å²) in [5, 5.41) is 4.55. The van der Waals surface area contributed by atoms with Gasteiger partial charge < -0.3 is 9.45 Å². The third-order valence-electron chi connectivity index (χ3n) is 3.83. The number of rotatable bonds is 7. The maximum Gasteiger partial charge on any atom is 0.238 e. The van der Waals surface area contributed by atoms with E-state index in [0.29, 0.717) is 13.1 Å². The van der Waals surface area contributed by atoms with E-state index in [1.807, 2.05) is 36.1 Å². The van der Waals surface area contributed by atoms with Crippen LogP contribution in [0.3, 0.4) is 0 Å². The molecule has 25 heavy (non-hydrogen) atoms. The molecule has 0 amide bonds. The Kier molecular flexibility index (Phi) is 6.34. The van der Waals surface area contributed by atoms with Crippen LogP contribution in [0.15, 0.2) is 53.4 Å². The van der Waals surface area contributed by atoms with Gasteiger partial charge in [0.25, 0.3) is 0 Å². The molecule has 0 radical (unpaired) electrons. The van der Waals surface area contributed by atoms with Crippen LogP contribution in [-0.4, -0.2) is 29.0 Å². The van der Waals surface area contributed by atoms with Gasteiger partial charge in [-0.25, -0.2) is 13.6 Å². The van der Waals surface area contributed by atoms with Gasteiger partial charge >= 0.3 is 0 Å². The Hall–Kier alpha value is -1.74. The molecule has 0 aliphatic carbocycles. The van der Waals surface area contributed by atoms with Gasteiger partial charge in [0.1, 0.15) is 0 Å². The zero-order valence-corrected chi connectivity index (χ0v) is 15.7. The van der Waals surface area contributed by atoms with Gasteiger partial charge in [0.05, 0.1) is 4.90 Å². The molecular weight excluding hydrogens is 360 g/mol. The predicted octanol–water partition coefficient (Wildman–Crippen LogP) is 1.92.